The number of carbonyl (C=O) groups excluding carboxylic acids is 2. The Bertz CT molecular complexity index is 582. The molecule has 0 saturated carbocycles. The van der Waals surface area contributed by atoms with E-state index in [1.807, 2.05) is 31.2 Å². The third-order valence-electron chi connectivity index (χ3n) is 3.95. The topological polar surface area (TPSA) is 58.2 Å². The summed E-state index contributed by atoms with van der Waals surface area (Å²) in [6.45, 7) is 2.70. The SMILES string of the molecule is Cc1ccc(NC(=O)CSCC(=O)NCCC2=CCCCC2)cc1. The van der Waals surface area contributed by atoms with Crippen LogP contribution in [0.2, 0.25) is 0 Å². The monoisotopic (exact) mass is 346 g/mol. The van der Waals surface area contributed by atoms with Gasteiger partial charge >= 0.3 is 0 Å². The highest BCUT2D eigenvalue weighted by Crippen LogP contribution is 2.19. The normalized spacial score (nSPS) is 14.0. The average Bonchev–Trinajstić information content (AvgIpc) is 2.58. The molecule has 0 spiro atoms. The molecule has 0 bridgehead atoms. The van der Waals surface area contributed by atoms with Crippen LogP contribution in [0.3, 0.4) is 0 Å². The summed E-state index contributed by atoms with van der Waals surface area (Å²) >= 11 is 1.34. The highest BCUT2D eigenvalue weighted by Gasteiger charge is 2.07. The largest absolute Gasteiger partial charge is 0.355 e. The first kappa shape index (κ1) is 18.6. The Kier molecular flexibility index (Phi) is 7.89. The van der Waals surface area contributed by atoms with Crippen molar-refractivity contribution in [1.82, 2.24) is 5.32 Å². The zero-order valence-corrected chi connectivity index (χ0v) is 15.1. The van der Waals surface area contributed by atoms with E-state index in [1.165, 1.54) is 43.0 Å². The molecule has 1 aromatic carbocycles. The fourth-order valence-electron chi connectivity index (χ4n) is 2.62. The molecule has 24 heavy (non-hydrogen) atoms. The lowest BCUT2D eigenvalue weighted by molar-refractivity contribution is -0.118. The molecule has 0 aromatic heterocycles. The summed E-state index contributed by atoms with van der Waals surface area (Å²) in [5.74, 6) is 0.524. The van der Waals surface area contributed by atoms with Crippen molar-refractivity contribution >= 4 is 29.3 Å². The van der Waals surface area contributed by atoms with E-state index in [0.29, 0.717) is 12.3 Å². The van der Waals surface area contributed by atoms with E-state index in [1.54, 1.807) is 0 Å². The standard InChI is InChI=1S/C19H26N2O2S/c1-15-7-9-17(10-8-15)21-19(23)14-24-13-18(22)20-12-11-16-5-3-2-4-6-16/h5,7-10H,2-4,6,11-14H2,1H3,(H,20,22)(H,21,23). The highest BCUT2D eigenvalue weighted by molar-refractivity contribution is 8.00. The first-order chi connectivity index (χ1) is 11.6. The van der Waals surface area contributed by atoms with Crippen LogP contribution in [-0.2, 0) is 9.59 Å². The van der Waals surface area contributed by atoms with Crippen molar-refractivity contribution in [2.75, 3.05) is 23.4 Å². The number of anilines is 1. The summed E-state index contributed by atoms with van der Waals surface area (Å²) in [5, 5.41) is 5.76. The molecule has 2 N–H and O–H groups in total. The van der Waals surface area contributed by atoms with Crippen LogP contribution < -0.4 is 10.6 Å². The number of amides is 2. The van der Waals surface area contributed by atoms with Gasteiger partial charge in [0, 0.05) is 12.2 Å². The zero-order valence-electron chi connectivity index (χ0n) is 14.3. The number of carbonyl (C=O) groups is 2. The second-order valence-electron chi connectivity index (χ2n) is 6.12. The predicted octanol–water partition coefficient (Wildman–Crippen LogP) is 3.67. The molecule has 2 rings (SSSR count). The number of benzene rings is 1. The van der Waals surface area contributed by atoms with Crippen molar-refractivity contribution in [2.45, 2.75) is 39.0 Å². The van der Waals surface area contributed by atoms with Gasteiger partial charge in [-0.2, -0.15) is 0 Å². The molecule has 5 heteroatoms. The van der Waals surface area contributed by atoms with Gasteiger partial charge in [-0.1, -0.05) is 29.3 Å². The Morgan fingerprint density at radius 3 is 2.54 bits per heavy atom. The van der Waals surface area contributed by atoms with Crippen LogP contribution in [0.25, 0.3) is 0 Å². The van der Waals surface area contributed by atoms with Crippen molar-refractivity contribution < 1.29 is 9.59 Å². The van der Waals surface area contributed by atoms with Gasteiger partial charge in [-0.15, -0.1) is 11.8 Å². The first-order valence-electron chi connectivity index (χ1n) is 8.52. The fourth-order valence-corrected chi connectivity index (χ4v) is 3.26. The summed E-state index contributed by atoms with van der Waals surface area (Å²) in [6, 6.07) is 7.67. The Labute approximate surface area is 148 Å². The maximum absolute atomic E-state index is 11.8. The predicted molar refractivity (Wildman–Crippen MR) is 101 cm³/mol. The molecule has 1 aliphatic carbocycles. The molecule has 1 aliphatic rings. The van der Waals surface area contributed by atoms with Gasteiger partial charge in [-0.3, -0.25) is 9.59 Å². The minimum Gasteiger partial charge on any atom is -0.355 e. The van der Waals surface area contributed by atoms with E-state index in [2.05, 4.69) is 16.7 Å². The number of thioether (sulfide) groups is 1. The van der Waals surface area contributed by atoms with E-state index < -0.39 is 0 Å². The summed E-state index contributed by atoms with van der Waals surface area (Å²) in [5.41, 5.74) is 3.41. The highest BCUT2D eigenvalue weighted by atomic mass is 32.2. The summed E-state index contributed by atoms with van der Waals surface area (Å²) in [7, 11) is 0. The molecule has 0 radical (unpaired) electrons. The third-order valence-corrected chi connectivity index (χ3v) is 4.89. The maximum Gasteiger partial charge on any atom is 0.234 e. The van der Waals surface area contributed by atoms with Crippen molar-refractivity contribution in [2.24, 2.45) is 0 Å². The van der Waals surface area contributed by atoms with Crippen LogP contribution in [0.5, 0.6) is 0 Å². The van der Waals surface area contributed by atoms with E-state index in [-0.39, 0.29) is 17.6 Å². The molecule has 1 aromatic rings. The van der Waals surface area contributed by atoms with Crippen LogP contribution in [0, 0.1) is 6.92 Å². The van der Waals surface area contributed by atoms with Crippen LogP contribution in [-0.4, -0.2) is 29.9 Å². The molecule has 130 valence electrons. The zero-order chi connectivity index (χ0) is 17.2. The molecule has 2 amide bonds. The fraction of sp³-hybridized carbons (Fsp3) is 0.474. The first-order valence-corrected chi connectivity index (χ1v) is 9.68. The van der Waals surface area contributed by atoms with E-state index in [9.17, 15) is 9.59 Å². The number of hydrogen-bond acceptors (Lipinski definition) is 3. The second-order valence-corrected chi connectivity index (χ2v) is 7.10. The smallest absolute Gasteiger partial charge is 0.234 e. The molecule has 0 unspecified atom stereocenters. The van der Waals surface area contributed by atoms with Crippen molar-refractivity contribution in [3.63, 3.8) is 0 Å². The van der Waals surface area contributed by atoms with E-state index in [4.69, 9.17) is 0 Å². The van der Waals surface area contributed by atoms with Crippen LogP contribution in [0.1, 0.15) is 37.7 Å². The molecule has 0 fully saturated rings. The quantitative estimate of drug-likeness (QED) is 0.706. The van der Waals surface area contributed by atoms with Crippen LogP contribution >= 0.6 is 11.8 Å². The van der Waals surface area contributed by atoms with E-state index >= 15 is 0 Å². The van der Waals surface area contributed by atoms with Crippen molar-refractivity contribution in [1.29, 1.82) is 0 Å². The van der Waals surface area contributed by atoms with Gasteiger partial charge in [0.15, 0.2) is 0 Å². The van der Waals surface area contributed by atoms with Crippen LogP contribution in [0.15, 0.2) is 35.9 Å². The average molecular weight is 346 g/mol. The summed E-state index contributed by atoms with van der Waals surface area (Å²) in [4.78, 5) is 23.6. The Morgan fingerprint density at radius 2 is 1.83 bits per heavy atom. The number of rotatable bonds is 8. The molecule has 0 aliphatic heterocycles. The van der Waals surface area contributed by atoms with Gasteiger partial charge in [-0.05, 0) is 51.2 Å². The number of nitrogens with one attached hydrogen (secondary N) is 2. The molecule has 4 nitrogen and oxygen atoms in total. The molecule has 0 saturated heterocycles. The van der Waals surface area contributed by atoms with Gasteiger partial charge in [-0.25, -0.2) is 0 Å². The number of hydrogen-bond donors (Lipinski definition) is 2. The van der Waals surface area contributed by atoms with Gasteiger partial charge in [0.05, 0.1) is 11.5 Å². The summed E-state index contributed by atoms with van der Waals surface area (Å²) < 4.78 is 0. The molecule has 0 heterocycles. The minimum atomic E-state index is -0.0796. The lowest BCUT2D eigenvalue weighted by Crippen LogP contribution is -2.27. The van der Waals surface area contributed by atoms with E-state index in [0.717, 1.165) is 17.7 Å². The van der Waals surface area contributed by atoms with Gasteiger partial charge in [0.2, 0.25) is 11.8 Å². The van der Waals surface area contributed by atoms with Gasteiger partial charge < -0.3 is 10.6 Å². The Balaban J connectivity index is 1.55. The lowest BCUT2D eigenvalue weighted by Gasteiger charge is -2.12. The summed E-state index contributed by atoms with van der Waals surface area (Å²) in [6.07, 6.45) is 8.16. The third kappa shape index (κ3) is 7.21. The number of aryl methyl sites for hydroxylation is 1. The van der Waals surface area contributed by atoms with Crippen molar-refractivity contribution in [3.8, 4) is 0 Å². The molecular formula is C19H26N2O2S. The molecule has 0 atom stereocenters. The Hall–Kier alpha value is -1.75. The van der Waals surface area contributed by atoms with Gasteiger partial charge in [0.1, 0.15) is 0 Å². The lowest BCUT2D eigenvalue weighted by atomic mass is 9.97. The maximum atomic E-state index is 11.8. The van der Waals surface area contributed by atoms with Gasteiger partial charge in [0.25, 0.3) is 0 Å². The second kappa shape index (κ2) is 10.2. The number of allylic oxidation sites excluding steroid dienone is 1. The minimum absolute atomic E-state index is 0.000421. The van der Waals surface area contributed by atoms with Crippen LogP contribution in [0.4, 0.5) is 5.69 Å². The Morgan fingerprint density at radius 1 is 1.08 bits per heavy atom. The van der Waals surface area contributed by atoms with Crippen molar-refractivity contribution in [3.05, 3.63) is 41.5 Å². The molecular weight excluding hydrogens is 320 g/mol.